The number of carbonyl (C=O) groups is 1. The van der Waals surface area contributed by atoms with Gasteiger partial charge in [-0.1, -0.05) is 23.2 Å². The minimum atomic E-state index is -0.0307. The van der Waals surface area contributed by atoms with Gasteiger partial charge in [0.1, 0.15) is 5.82 Å². The summed E-state index contributed by atoms with van der Waals surface area (Å²) in [5, 5.41) is 4.18. The highest BCUT2D eigenvalue weighted by atomic mass is 35.5. The lowest BCUT2D eigenvalue weighted by atomic mass is 10.2. The highest BCUT2D eigenvalue weighted by molar-refractivity contribution is 6.36. The van der Waals surface area contributed by atoms with Crippen molar-refractivity contribution in [1.82, 2.24) is 9.88 Å². The van der Waals surface area contributed by atoms with Crippen molar-refractivity contribution in [2.24, 2.45) is 0 Å². The molecule has 3 rings (SSSR count). The van der Waals surface area contributed by atoms with Crippen molar-refractivity contribution in [1.29, 1.82) is 0 Å². The number of benzene rings is 1. The molecule has 1 saturated heterocycles. The third kappa shape index (κ3) is 3.93. The van der Waals surface area contributed by atoms with Crippen LogP contribution in [0, 0.1) is 0 Å². The van der Waals surface area contributed by atoms with Gasteiger partial charge in [-0.15, -0.1) is 0 Å². The smallest absolute Gasteiger partial charge is 0.255 e. The van der Waals surface area contributed by atoms with Crippen LogP contribution in [0.2, 0.25) is 10.0 Å². The van der Waals surface area contributed by atoms with Gasteiger partial charge in [-0.3, -0.25) is 4.79 Å². The number of amides is 1. The SMILES string of the molecule is O=C(c1ccc(Nc2ccc(Cl)cc2Cl)nc1)N1CCOCC1. The summed E-state index contributed by atoms with van der Waals surface area (Å²) >= 11 is 12.0. The molecule has 1 aliphatic rings. The predicted molar refractivity (Wildman–Crippen MR) is 90.7 cm³/mol. The van der Waals surface area contributed by atoms with Gasteiger partial charge in [-0.25, -0.2) is 4.98 Å². The Morgan fingerprint density at radius 1 is 1.17 bits per heavy atom. The number of aromatic nitrogens is 1. The van der Waals surface area contributed by atoms with Crippen LogP contribution in [-0.2, 0) is 4.74 Å². The van der Waals surface area contributed by atoms with Crippen molar-refractivity contribution < 1.29 is 9.53 Å². The summed E-state index contributed by atoms with van der Waals surface area (Å²) in [4.78, 5) is 18.4. The minimum absolute atomic E-state index is 0.0307. The number of hydrogen-bond donors (Lipinski definition) is 1. The fourth-order valence-electron chi connectivity index (χ4n) is 2.27. The van der Waals surface area contributed by atoms with Crippen LogP contribution in [0.5, 0.6) is 0 Å². The summed E-state index contributed by atoms with van der Waals surface area (Å²) in [5.74, 6) is 0.574. The maximum absolute atomic E-state index is 12.3. The van der Waals surface area contributed by atoms with Crippen molar-refractivity contribution in [3.8, 4) is 0 Å². The topological polar surface area (TPSA) is 54.5 Å². The lowest BCUT2D eigenvalue weighted by Gasteiger charge is -2.26. The number of ether oxygens (including phenoxy) is 1. The first-order valence-corrected chi connectivity index (χ1v) is 7.94. The number of rotatable bonds is 3. The van der Waals surface area contributed by atoms with Crippen LogP contribution in [0.4, 0.5) is 11.5 Å². The Balaban J connectivity index is 1.70. The van der Waals surface area contributed by atoms with Crippen LogP contribution in [0.3, 0.4) is 0 Å². The largest absolute Gasteiger partial charge is 0.378 e. The molecule has 1 aromatic heterocycles. The highest BCUT2D eigenvalue weighted by Crippen LogP contribution is 2.27. The zero-order valence-corrected chi connectivity index (χ0v) is 13.8. The lowest BCUT2D eigenvalue weighted by Crippen LogP contribution is -2.40. The Morgan fingerprint density at radius 3 is 2.61 bits per heavy atom. The highest BCUT2D eigenvalue weighted by Gasteiger charge is 2.18. The lowest BCUT2D eigenvalue weighted by molar-refractivity contribution is 0.0302. The molecule has 2 heterocycles. The third-order valence-electron chi connectivity index (χ3n) is 3.50. The van der Waals surface area contributed by atoms with Crippen LogP contribution in [0.1, 0.15) is 10.4 Å². The van der Waals surface area contributed by atoms with Gasteiger partial charge in [-0.2, -0.15) is 0 Å². The number of pyridine rings is 1. The van der Waals surface area contributed by atoms with Gasteiger partial charge >= 0.3 is 0 Å². The first kappa shape index (κ1) is 16.1. The predicted octanol–water partition coefficient (Wildman–Crippen LogP) is 3.60. The minimum Gasteiger partial charge on any atom is -0.378 e. The van der Waals surface area contributed by atoms with Gasteiger partial charge in [-0.05, 0) is 30.3 Å². The zero-order chi connectivity index (χ0) is 16.2. The van der Waals surface area contributed by atoms with Crippen molar-refractivity contribution in [3.05, 3.63) is 52.1 Å². The number of anilines is 2. The van der Waals surface area contributed by atoms with Gasteiger partial charge in [0.25, 0.3) is 5.91 Å². The van der Waals surface area contributed by atoms with Gasteiger partial charge in [0.2, 0.25) is 0 Å². The molecule has 0 saturated carbocycles. The van der Waals surface area contributed by atoms with E-state index in [1.807, 2.05) is 0 Å². The number of carbonyl (C=O) groups excluding carboxylic acids is 1. The molecule has 0 radical (unpaired) electrons. The summed E-state index contributed by atoms with van der Waals surface area (Å²) in [5.41, 5.74) is 1.26. The fraction of sp³-hybridized carbons (Fsp3) is 0.250. The number of hydrogen-bond acceptors (Lipinski definition) is 4. The van der Waals surface area contributed by atoms with E-state index in [0.29, 0.717) is 53.4 Å². The fourth-order valence-corrected chi connectivity index (χ4v) is 2.73. The molecule has 0 spiro atoms. The van der Waals surface area contributed by atoms with E-state index in [1.54, 1.807) is 41.4 Å². The van der Waals surface area contributed by atoms with Crippen molar-refractivity contribution in [2.75, 3.05) is 31.6 Å². The average Bonchev–Trinajstić information content (AvgIpc) is 2.58. The molecule has 23 heavy (non-hydrogen) atoms. The number of nitrogens with one attached hydrogen (secondary N) is 1. The first-order valence-electron chi connectivity index (χ1n) is 7.18. The standard InChI is InChI=1S/C16H15Cl2N3O2/c17-12-2-3-14(13(18)9-12)20-15-4-1-11(10-19-15)16(22)21-5-7-23-8-6-21/h1-4,9-10H,5-8H2,(H,19,20). The Hall–Kier alpha value is -1.82. The van der Waals surface area contributed by atoms with E-state index in [4.69, 9.17) is 27.9 Å². The summed E-state index contributed by atoms with van der Waals surface area (Å²) in [6.45, 7) is 2.38. The van der Waals surface area contributed by atoms with E-state index in [1.165, 1.54) is 0 Å². The molecule has 120 valence electrons. The maximum atomic E-state index is 12.3. The molecular weight excluding hydrogens is 337 g/mol. The summed E-state index contributed by atoms with van der Waals surface area (Å²) in [6.07, 6.45) is 1.56. The molecule has 2 aromatic rings. The molecular formula is C16H15Cl2N3O2. The first-order chi connectivity index (χ1) is 11.1. The molecule has 0 unspecified atom stereocenters. The van der Waals surface area contributed by atoms with Crippen molar-refractivity contribution >= 4 is 40.6 Å². The van der Waals surface area contributed by atoms with Gasteiger partial charge in [0.05, 0.1) is 29.5 Å². The van der Waals surface area contributed by atoms with E-state index >= 15 is 0 Å². The van der Waals surface area contributed by atoms with E-state index in [-0.39, 0.29) is 5.91 Å². The summed E-state index contributed by atoms with van der Waals surface area (Å²) in [7, 11) is 0. The van der Waals surface area contributed by atoms with E-state index in [2.05, 4.69) is 10.3 Å². The molecule has 5 nitrogen and oxygen atoms in total. The van der Waals surface area contributed by atoms with Crippen molar-refractivity contribution in [2.45, 2.75) is 0 Å². The average molecular weight is 352 g/mol. The van der Waals surface area contributed by atoms with Crippen LogP contribution in [-0.4, -0.2) is 42.1 Å². The molecule has 0 aliphatic carbocycles. The van der Waals surface area contributed by atoms with Gasteiger partial charge in [0, 0.05) is 24.3 Å². The maximum Gasteiger partial charge on any atom is 0.255 e. The molecule has 7 heteroatoms. The second-order valence-corrected chi connectivity index (χ2v) is 5.93. The Kier molecular flexibility index (Phi) is 5.00. The second-order valence-electron chi connectivity index (χ2n) is 5.09. The third-order valence-corrected chi connectivity index (χ3v) is 4.05. The van der Waals surface area contributed by atoms with E-state index in [0.717, 1.165) is 0 Å². The Bertz CT molecular complexity index is 701. The number of nitrogens with zero attached hydrogens (tertiary/aromatic N) is 2. The normalized spacial score (nSPS) is 14.6. The zero-order valence-electron chi connectivity index (χ0n) is 12.3. The molecule has 0 bridgehead atoms. The van der Waals surface area contributed by atoms with Crippen LogP contribution >= 0.6 is 23.2 Å². The summed E-state index contributed by atoms with van der Waals surface area (Å²) < 4.78 is 5.25. The van der Waals surface area contributed by atoms with Gasteiger partial charge in [0.15, 0.2) is 0 Å². The van der Waals surface area contributed by atoms with Crippen molar-refractivity contribution in [3.63, 3.8) is 0 Å². The molecule has 1 N–H and O–H groups in total. The Labute approximate surface area is 144 Å². The van der Waals surface area contributed by atoms with Crippen LogP contribution in [0.15, 0.2) is 36.5 Å². The van der Waals surface area contributed by atoms with Crippen LogP contribution < -0.4 is 5.32 Å². The molecule has 1 aromatic carbocycles. The second kappa shape index (κ2) is 7.17. The molecule has 1 amide bonds. The summed E-state index contributed by atoms with van der Waals surface area (Å²) in [6, 6.07) is 8.67. The monoisotopic (exact) mass is 351 g/mol. The van der Waals surface area contributed by atoms with E-state index in [9.17, 15) is 4.79 Å². The molecule has 1 aliphatic heterocycles. The van der Waals surface area contributed by atoms with Crippen LogP contribution in [0.25, 0.3) is 0 Å². The molecule has 1 fully saturated rings. The quantitative estimate of drug-likeness (QED) is 0.917. The Morgan fingerprint density at radius 2 is 1.96 bits per heavy atom. The van der Waals surface area contributed by atoms with E-state index < -0.39 is 0 Å². The molecule has 0 atom stereocenters. The number of halogens is 2. The number of morpholine rings is 1. The van der Waals surface area contributed by atoms with Gasteiger partial charge < -0.3 is 15.0 Å².